The van der Waals surface area contributed by atoms with Gasteiger partial charge in [0.2, 0.25) is 5.91 Å². The molecule has 7 heteroatoms. The summed E-state index contributed by atoms with van der Waals surface area (Å²) in [5.41, 5.74) is 1.31. The van der Waals surface area contributed by atoms with Gasteiger partial charge in [0.15, 0.2) is 11.5 Å². The van der Waals surface area contributed by atoms with Gasteiger partial charge in [-0.15, -0.1) is 0 Å². The molecule has 2 N–H and O–H groups in total. The van der Waals surface area contributed by atoms with Crippen LogP contribution in [-0.4, -0.2) is 38.2 Å². The van der Waals surface area contributed by atoms with E-state index in [0.717, 1.165) is 0 Å². The number of amides is 1. The van der Waals surface area contributed by atoms with Gasteiger partial charge in [0.05, 0.1) is 24.9 Å². The molecule has 1 atom stereocenters. The van der Waals surface area contributed by atoms with E-state index < -0.39 is 12.0 Å². The Hall–Kier alpha value is -2.44. The first kappa shape index (κ1) is 12.6. The van der Waals surface area contributed by atoms with Crippen LogP contribution in [0.3, 0.4) is 0 Å². The summed E-state index contributed by atoms with van der Waals surface area (Å²) in [6.07, 6.45) is -0.0315. The second kappa shape index (κ2) is 4.92. The van der Waals surface area contributed by atoms with Gasteiger partial charge in [-0.05, 0) is 0 Å². The molecule has 2 heterocycles. The fraction of sp³-hybridized carbons (Fsp3) is 0.385. The summed E-state index contributed by atoms with van der Waals surface area (Å²) in [4.78, 5) is 23.2. The minimum atomic E-state index is -0.655. The minimum Gasteiger partial charge on any atom is -0.486 e. The number of carbonyl (C=O) groups excluding carboxylic acids is 2. The van der Waals surface area contributed by atoms with Crippen molar-refractivity contribution in [1.82, 2.24) is 0 Å². The Labute approximate surface area is 115 Å². The largest absolute Gasteiger partial charge is 0.486 e. The Morgan fingerprint density at radius 3 is 2.60 bits per heavy atom. The van der Waals surface area contributed by atoms with Crippen molar-refractivity contribution in [2.45, 2.75) is 12.5 Å². The number of hydrogen-bond donors (Lipinski definition) is 2. The van der Waals surface area contributed by atoms with E-state index in [1.807, 2.05) is 0 Å². The lowest BCUT2D eigenvalue weighted by Gasteiger charge is -2.28. The predicted molar refractivity (Wildman–Crippen MR) is 70.1 cm³/mol. The van der Waals surface area contributed by atoms with Crippen LogP contribution >= 0.6 is 0 Å². The Balaban J connectivity index is 1.86. The van der Waals surface area contributed by atoms with E-state index in [1.54, 1.807) is 12.1 Å². The number of ether oxygens (including phenoxy) is 3. The van der Waals surface area contributed by atoms with Gasteiger partial charge in [-0.1, -0.05) is 0 Å². The van der Waals surface area contributed by atoms with Crippen LogP contribution in [0.15, 0.2) is 12.1 Å². The van der Waals surface area contributed by atoms with Crippen LogP contribution in [-0.2, 0) is 14.3 Å². The molecule has 1 unspecified atom stereocenters. The van der Waals surface area contributed by atoms with Crippen molar-refractivity contribution in [2.75, 3.05) is 31.0 Å². The van der Waals surface area contributed by atoms with Crippen molar-refractivity contribution < 1.29 is 23.8 Å². The van der Waals surface area contributed by atoms with Gasteiger partial charge < -0.3 is 24.8 Å². The third kappa shape index (κ3) is 2.22. The summed E-state index contributed by atoms with van der Waals surface area (Å²) in [6.45, 7) is 0.974. The highest BCUT2D eigenvalue weighted by atomic mass is 16.6. The molecule has 0 saturated heterocycles. The molecule has 2 aliphatic rings. The molecular weight excluding hydrogens is 264 g/mol. The van der Waals surface area contributed by atoms with Gasteiger partial charge in [0.25, 0.3) is 0 Å². The van der Waals surface area contributed by atoms with E-state index in [0.29, 0.717) is 36.1 Å². The van der Waals surface area contributed by atoms with Gasteiger partial charge in [0, 0.05) is 12.1 Å². The average molecular weight is 278 g/mol. The van der Waals surface area contributed by atoms with Crippen molar-refractivity contribution in [1.29, 1.82) is 0 Å². The van der Waals surface area contributed by atoms with E-state index >= 15 is 0 Å². The normalized spacial score (nSPS) is 19.4. The first-order valence-electron chi connectivity index (χ1n) is 6.25. The van der Waals surface area contributed by atoms with Crippen LogP contribution in [0.2, 0.25) is 0 Å². The quantitative estimate of drug-likeness (QED) is 0.777. The first-order chi connectivity index (χ1) is 9.67. The molecular formula is C13H14N2O5. The molecule has 0 aliphatic carbocycles. The van der Waals surface area contributed by atoms with Crippen LogP contribution in [0, 0.1) is 0 Å². The molecule has 3 rings (SSSR count). The molecule has 1 aromatic carbocycles. The predicted octanol–water partition coefficient (Wildman–Crippen LogP) is 0.753. The Bertz CT molecular complexity index is 572. The highest BCUT2D eigenvalue weighted by Gasteiger charge is 2.29. The van der Waals surface area contributed by atoms with Crippen LogP contribution in [0.5, 0.6) is 11.5 Å². The maximum absolute atomic E-state index is 11.9. The smallest absolute Gasteiger partial charge is 0.308 e. The molecule has 0 spiro atoms. The highest BCUT2D eigenvalue weighted by molar-refractivity contribution is 6.05. The third-order valence-corrected chi connectivity index (χ3v) is 3.18. The van der Waals surface area contributed by atoms with E-state index in [4.69, 9.17) is 9.47 Å². The molecule has 2 aliphatic heterocycles. The average Bonchev–Trinajstić information content (AvgIpc) is 2.46. The number of benzene rings is 1. The standard InChI is InChI=1S/C13H14N2O5/c1-18-12(16)6-9-13(17)15-8-5-11-10(4-7(8)14-9)19-2-3-20-11/h4-5,9,14H,2-3,6H2,1H3,(H,15,17). The molecule has 0 aromatic heterocycles. The second-order valence-corrected chi connectivity index (χ2v) is 4.51. The number of carbonyl (C=O) groups is 2. The maximum atomic E-state index is 11.9. The zero-order chi connectivity index (χ0) is 14.1. The summed E-state index contributed by atoms with van der Waals surface area (Å²) in [5, 5.41) is 5.76. The van der Waals surface area contributed by atoms with E-state index in [1.165, 1.54) is 7.11 Å². The van der Waals surface area contributed by atoms with Gasteiger partial charge in [-0.25, -0.2) is 0 Å². The van der Waals surface area contributed by atoms with Crippen molar-refractivity contribution in [3.63, 3.8) is 0 Å². The molecule has 1 aromatic rings. The lowest BCUT2D eigenvalue weighted by molar-refractivity contribution is -0.142. The molecule has 0 radical (unpaired) electrons. The highest BCUT2D eigenvalue weighted by Crippen LogP contribution is 2.40. The molecule has 0 bridgehead atoms. The van der Waals surface area contributed by atoms with Gasteiger partial charge in [-0.2, -0.15) is 0 Å². The fourth-order valence-electron chi connectivity index (χ4n) is 2.18. The summed E-state index contributed by atoms with van der Waals surface area (Å²) in [7, 11) is 1.29. The van der Waals surface area contributed by atoms with E-state index in [-0.39, 0.29) is 12.3 Å². The lowest BCUT2D eigenvalue weighted by Crippen LogP contribution is -2.40. The summed E-state index contributed by atoms with van der Waals surface area (Å²) < 4.78 is 15.5. The molecule has 106 valence electrons. The number of fused-ring (bicyclic) bond motifs is 2. The van der Waals surface area contributed by atoms with Crippen molar-refractivity contribution in [3.05, 3.63) is 12.1 Å². The molecule has 0 saturated carbocycles. The molecule has 7 nitrogen and oxygen atoms in total. The monoisotopic (exact) mass is 278 g/mol. The number of methoxy groups -OCH3 is 1. The zero-order valence-electron chi connectivity index (χ0n) is 10.9. The third-order valence-electron chi connectivity index (χ3n) is 3.18. The van der Waals surface area contributed by atoms with Gasteiger partial charge in [0.1, 0.15) is 19.3 Å². The second-order valence-electron chi connectivity index (χ2n) is 4.51. The fourth-order valence-corrected chi connectivity index (χ4v) is 2.18. The van der Waals surface area contributed by atoms with Crippen LogP contribution in [0.25, 0.3) is 0 Å². The summed E-state index contributed by atoms with van der Waals surface area (Å²) in [6, 6.07) is 2.81. The van der Waals surface area contributed by atoms with Gasteiger partial charge in [-0.3, -0.25) is 9.59 Å². The number of nitrogens with one attached hydrogen (secondary N) is 2. The molecule has 0 fully saturated rings. The topological polar surface area (TPSA) is 85.9 Å². The number of esters is 1. The molecule has 1 amide bonds. The summed E-state index contributed by atoms with van der Waals surface area (Å²) in [5.74, 6) is 0.497. The minimum absolute atomic E-state index is 0.0315. The number of anilines is 2. The maximum Gasteiger partial charge on any atom is 0.308 e. The van der Waals surface area contributed by atoms with Crippen LogP contribution in [0.1, 0.15) is 6.42 Å². The van der Waals surface area contributed by atoms with Crippen molar-refractivity contribution in [2.24, 2.45) is 0 Å². The van der Waals surface area contributed by atoms with Crippen molar-refractivity contribution in [3.8, 4) is 11.5 Å². The van der Waals surface area contributed by atoms with E-state index in [2.05, 4.69) is 15.4 Å². The SMILES string of the molecule is COC(=O)CC1Nc2cc3c(cc2NC1=O)OCCO3. The Morgan fingerprint density at radius 1 is 1.30 bits per heavy atom. The van der Waals surface area contributed by atoms with Crippen molar-refractivity contribution >= 4 is 23.3 Å². The Morgan fingerprint density at radius 2 is 1.95 bits per heavy atom. The number of rotatable bonds is 2. The van der Waals surface area contributed by atoms with Gasteiger partial charge >= 0.3 is 5.97 Å². The summed E-state index contributed by atoms with van der Waals surface area (Å²) >= 11 is 0. The van der Waals surface area contributed by atoms with Crippen LogP contribution < -0.4 is 20.1 Å². The first-order valence-corrected chi connectivity index (χ1v) is 6.25. The van der Waals surface area contributed by atoms with Crippen LogP contribution in [0.4, 0.5) is 11.4 Å². The molecule has 20 heavy (non-hydrogen) atoms. The zero-order valence-corrected chi connectivity index (χ0v) is 10.9. The van der Waals surface area contributed by atoms with E-state index in [9.17, 15) is 9.59 Å². The Kier molecular flexibility index (Phi) is 3.09. The number of hydrogen-bond acceptors (Lipinski definition) is 6. The lowest BCUT2D eigenvalue weighted by atomic mass is 10.1.